The molecule has 0 fully saturated rings. The number of nitrogens with zero attached hydrogens (tertiary/aromatic N) is 3. The SMILES string of the molecule is CCCN(CCC)C(=O)c1cc(C(=O)NC(Cc2cc(F)cc(F)c2)C(O)CN(C)NS(=O)(=O)C(C)C)cc(S(=O)(=O)N(C)C)c1. The zero-order chi connectivity index (χ0) is 35.0. The van der Waals surface area contributed by atoms with Gasteiger partial charge in [-0.3, -0.25) is 9.59 Å². The summed E-state index contributed by atoms with van der Waals surface area (Å²) in [7, 11) is -3.92. The molecule has 46 heavy (non-hydrogen) atoms. The van der Waals surface area contributed by atoms with Crippen LogP contribution in [0.1, 0.15) is 66.8 Å². The fourth-order valence-corrected chi connectivity index (χ4v) is 6.23. The van der Waals surface area contributed by atoms with Gasteiger partial charge < -0.3 is 15.3 Å². The molecule has 2 amide bonds. The molecule has 0 spiro atoms. The third-order valence-electron chi connectivity index (χ3n) is 6.99. The highest BCUT2D eigenvalue weighted by atomic mass is 32.2. The number of aliphatic hydroxyl groups is 1. The van der Waals surface area contributed by atoms with Crippen LogP contribution in [0.3, 0.4) is 0 Å². The van der Waals surface area contributed by atoms with E-state index >= 15 is 0 Å². The summed E-state index contributed by atoms with van der Waals surface area (Å²) in [6, 6.07) is 5.01. The highest BCUT2D eigenvalue weighted by molar-refractivity contribution is 7.90. The van der Waals surface area contributed by atoms with Gasteiger partial charge in [0.1, 0.15) is 11.6 Å². The fourth-order valence-electron chi connectivity index (χ4n) is 4.54. The van der Waals surface area contributed by atoms with Gasteiger partial charge in [0.25, 0.3) is 11.8 Å². The first-order chi connectivity index (χ1) is 21.3. The van der Waals surface area contributed by atoms with Crippen molar-refractivity contribution in [3.8, 4) is 0 Å². The lowest BCUT2D eigenvalue weighted by Crippen LogP contribution is -2.52. The lowest BCUT2D eigenvalue weighted by atomic mass is 9.99. The van der Waals surface area contributed by atoms with Gasteiger partial charge in [-0.1, -0.05) is 13.8 Å². The number of hydrazine groups is 1. The lowest BCUT2D eigenvalue weighted by molar-refractivity contribution is 0.0687. The van der Waals surface area contributed by atoms with Gasteiger partial charge in [-0.15, -0.1) is 4.83 Å². The number of sulfonamides is 2. The average molecular weight is 690 g/mol. The van der Waals surface area contributed by atoms with Crippen LogP contribution in [0.2, 0.25) is 0 Å². The van der Waals surface area contributed by atoms with Crippen LogP contribution in [0.4, 0.5) is 8.78 Å². The summed E-state index contributed by atoms with van der Waals surface area (Å²) >= 11 is 0. The van der Waals surface area contributed by atoms with Crippen LogP contribution in [0, 0.1) is 11.6 Å². The molecule has 258 valence electrons. The van der Waals surface area contributed by atoms with Crippen molar-refractivity contribution < 1.29 is 40.3 Å². The molecular weight excluding hydrogens is 644 g/mol. The van der Waals surface area contributed by atoms with Gasteiger partial charge in [0.2, 0.25) is 20.0 Å². The Morgan fingerprint density at radius 2 is 1.41 bits per heavy atom. The second kappa shape index (κ2) is 16.7. The third kappa shape index (κ3) is 10.8. The maximum absolute atomic E-state index is 14.0. The normalized spacial score (nSPS) is 13.7. The minimum atomic E-state index is -4.10. The molecule has 2 atom stereocenters. The zero-order valence-corrected chi connectivity index (χ0v) is 28.9. The molecule has 16 heteroatoms. The maximum atomic E-state index is 14.0. The average Bonchev–Trinajstić information content (AvgIpc) is 2.94. The lowest BCUT2D eigenvalue weighted by Gasteiger charge is -2.29. The van der Waals surface area contributed by atoms with Crippen LogP contribution in [-0.2, 0) is 26.5 Å². The van der Waals surface area contributed by atoms with Gasteiger partial charge in [-0.05, 0) is 69.0 Å². The molecule has 2 unspecified atom stereocenters. The molecule has 0 aliphatic carbocycles. The third-order valence-corrected chi connectivity index (χ3v) is 10.6. The molecule has 3 N–H and O–H groups in total. The Bertz CT molecular complexity index is 1560. The summed E-state index contributed by atoms with van der Waals surface area (Å²) in [5.74, 6) is -3.12. The summed E-state index contributed by atoms with van der Waals surface area (Å²) in [5, 5.41) is 14.1. The molecule has 0 bridgehead atoms. The molecule has 2 aromatic carbocycles. The molecule has 2 rings (SSSR count). The molecule has 2 aromatic rings. The predicted octanol–water partition coefficient (Wildman–Crippen LogP) is 2.35. The number of nitrogens with one attached hydrogen (secondary N) is 2. The molecular formula is C30H45F2N5O7S2. The summed E-state index contributed by atoms with van der Waals surface area (Å²) < 4.78 is 79.9. The molecule has 0 saturated heterocycles. The topological polar surface area (TPSA) is 156 Å². The van der Waals surface area contributed by atoms with Crippen molar-refractivity contribution in [2.24, 2.45) is 0 Å². The van der Waals surface area contributed by atoms with Crippen LogP contribution in [-0.4, -0.2) is 106 Å². The number of hydrogen-bond acceptors (Lipinski definition) is 8. The molecule has 0 aromatic heterocycles. The number of carbonyl (C=O) groups is 2. The second-order valence-corrected chi connectivity index (χ2v) is 15.9. The van der Waals surface area contributed by atoms with Gasteiger partial charge >= 0.3 is 0 Å². The molecule has 0 saturated carbocycles. The van der Waals surface area contributed by atoms with E-state index in [1.165, 1.54) is 47.1 Å². The van der Waals surface area contributed by atoms with Crippen LogP contribution in [0.25, 0.3) is 0 Å². The number of carbonyl (C=O) groups excluding carboxylic acids is 2. The number of aliphatic hydroxyl groups excluding tert-OH is 1. The monoisotopic (exact) mass is 689 g/mol. The van der Waals surface area contributed by atoms with Crippen molar-refractivity contribution in [3.05, 3.63) is 64.7 Å². The quantitative estimate of drug-likeness (QED) is 0.214. The van der Waals surface area contributed by atoms with Gasteiger partial charge in [0.05, 0.1) is 22.3 Å². The number of rotatable bonds is 17. The van der Waals surface area contributed by atoms with Crippen molar-refractivity contribution in [1.82, 2.24) is 24.4 Å². The van der Waals surface area contributed by atoms with E-state index in [1.807, 2.05) is 13.8 Å². The van der Waals surface area contributed by atoms with Gasteiger partial charge in [-0.25, -0.2) is 34.9 Å². The minimum Gasteiger partial charge on any atom is -0.390 e. The van der Waals surface area contributed by atoms with Crippen LogP contribution < -0.4 is 10.1 Å². The largest absolute Gasteiger partial charge is 0.390 e. The first-order valence-electron chi connectivity index (χ1n) is 14.9. The number of hydrogen-bond donors (Lipinski definition) is 3. The van der Waals surface area contributed by atoms with E-state index in [9.17, 15) is 40.3 Å². The van der Waals surface area contributed by atoms with Crippen molar-refractivity contribution in [2.45, 2.75) is 69.2 Å². The predicted molar refractivity (Wildman–Crippen MR) is 171 cm³/mol. The van der Waals surface area contributed by atoms with E-state index in [0.717, 1.165) is 27.5 Å². The number of amides is 2. The Morgan fingerprint density at radius 3 is 1.91 bits per heavy atom. The van der Waals surface area contributed by atoms with Gasteiger partial charge in [-0.2, -0.15) is 0 Å². The number of halogens is 2. The van der Waals surface area contributed by atoms with Crippen molar-refractivity contribution >= 4 is 31.9 Å². The molecule has 0 aliphatic heterocycles. The standard InChI is InChI=1S/C30H45F2N5O7S2/c1-8-10-37(11-9-2)30(40)23-15-22(16-26(17-23)46(43,44)35(5)6)29(39)33-27(14-21-12-24(31)18-25(32)13-21)28(38)19-36(7)34-45(41,42)20(3)4/h12-13,15-18,20,27-28,34,38H,8-11,14,19H2,1-7H3,(H,33,39). The summed E-state index contributed by atoms with van der Waals surface area (Å²) in [6.45, 7) is 7.17. The van der Waals surface area contributed by atoms with Crippen LogP contribution in [0.5, 0.6) is 0 Å². The fraction of sp³-hybridized carbons (Fsp3) is 0.533. The Hall–Kier alpha value is -3.02. The highest BCUT2D eigenvalue weighted by Gasteiger charge is 2.29. The molecule has 0 aliphatic rings. The first-order valence-corrected chi connectivity index (χ1v) is 17.8. The number of benzene rings is 2. The second-order valence-electron chi connectivity index (χ2n) is 11.5. The van der Waals surface area contributed by atoms with E-state index in [0.29, 0.717) is 32.0 Å². The summed E-state index contributed by atoms with van der Waals surface area (Å²) in [5.41, 5.74) is -0.167. The Labute approximate surface area is 270 Å². The minimum absolute atomic E-state index is 0.0397. The summed E-state index contributed by atoms with van der Waals surface area (Å²) in [6.07, 6.45) is -0.475. The molecule has 0 heterocycles. The van der Waals surface area contributed by atoms with Crippen molar-refractivity contribution in [1.29, 1.82) is 0 Å². The van der Waals surface area contributed by atoms with E-state index < -0.39 is 60.9 Å². The van der Waals surface area contributed by atoms with Crippen molar-refractivity contribution in [2.75, 3.05) is 40.8 Å². The van der Waals surface area contributed by atoms with Crippen molar-refractivity contribution in [3.63, 3.8) is 0 Å². The first kappa shape index (κ1) is 39.2. The Morgan fingerprint density at radius 1 is 0.870 bits per heavy atom. The van der Waals surface area contributed by atoms with Gasteiger partial charge in [0, 0.05) is 58.0 Å². The zero-order valence-electron chi connectivity index (χ0n) is 27.2. The van der Waals surface area contributed by atoms with E-state index in [-0.39, 0.29) is 34.6 Å². The molecule has 0 radical (unpaired) electrons. The van der Waals surface area contributed by atoms with Crippen LogP contribution >= 0.6 is 0 Å². The smallest absolute Gasteiger partial charge is 0.253 e. The summed E-state index contributed by atoms with van der Waals surface area (Å²) in [4.78, 5) is 30.7. The van der Waals surface area contributed by atoms with Crippen LogP contribution in [0.15, 0.2) is 41.3 Å². The molecule has 12 nitrogen and oxygen atoms in total. The van der Waals surface area contributed by atoms with Gasteiger partial charge in [0.15, 0.2) is 0 Å². The highest BCUT2D eigenvalue weighted by Crippen LogP contribution is 2.21. The van der Waals surface area contributed by atoms with E-state index in [1.54, 1.807) is 4.90 Å². The Balaban J connectivity index is 2.57. The Kier molecular flexibility index (Phi) is 14.2. The number of likely N-dealkylation sites (N-methyl/N-ethyl adjacent to an activating group) is 1. The van der Waals surface area contributed by atoms with E-state index in [2.05, 4.69) is 10.1 Å². The van der Waals surface area contributed by atoms with E-state index in [4.69, 9.17) is 0 Å². The maximum Gasteiger partial charge on any atom is 0.253 e.